The van der Waals surface area contributed by atoms with Gasteiger partial charge in [-0.1, -0.05) is 12.1 Å². The van der Waals surface area contributed by atoms with Gasteiger partial charge in [0.15, 0.2) is 0 Å². The molecule has 1 atom stereocenters. The van der Waals surface area contributed by atoms with Crippen molar-refractivity contribution >= 4 is 5.97 Å². The number of hydrogen-bond acceptors (Lipinski definition) is 4. The van der Waals surface area contributed by atoms with Gasteiger partial charge in [0.05, 0.1) is 18.8 Å². The van der Waals surface area contributed by atoms with Gasteiger partial charge in [0.2, 0.25) is 0 Å². The highest BCUT2D eigenvalue weighted by Crippen LogP contribution is 2.24. The van der Waals surface area contributed by atoms with Crippen molar-refractivity contribution in [1.29, 1.82) is 0 Å². The molecule has 1 aliphatic rings. The van der Waals surface area contributed by atoms with E-state index in [1.807, 2.05) is 38.1 Å². The molecule has 146 valence electrons. The molecule has 0 bridgehead atoms. The summed E-state index contributed by atoms with van der Waals surface area (Å²) in [6.07, 6.45) is 2.40. The van der Waals surface area contributed by atoms with E-state index in [4.69, 9.17) is 9.47 Å². The number of benzene rings is 1. The van der Waals surface area contributed by atoms with Crippen LogP contribution in [0.4, 0.5) is 0 Å². The largest absolute Gasteiger partial charge is 0.497 e. The summed E-state index contributed by atoms with van der Waals surface area (Å²) in [5.41, 5.74) is 4.13. The second-order valence-electron chi connectivity index (χ2n) is 7.03. The number of nitrogens with zero attached hydrogens (tertiary/aromatic N) is 1. The maximum Gasteiger partial charge on any atom is 0.337 e. The van der Waals surface area contributed by atoms with Crippen LogP contribution in [-0.4, -0.2) is 42.0 Å². The lowest BCUT2D eigenvalue weighted by atomic mass is 10.1. The van der Waals surface area contributed by atoms with E-state index in [-0.39, 0.29) is 6.10 Å². The van der Waals surface area contributed by atoms with Gasteiger partial charge in [-0.3, -0.25) is 0 Å². The average molecular weight is 372 g/mol. The molecule has 2 N–H and O–H groups in total. The van der Waals surface area contributed by atoms with Crippen molar-refractivity contribution in [1.82, 2.24) is 9.88 Å². The summed E-state index contributed by atoms with van der Waals surface area (Å²) in [5.74, 6) is -0.0667. The van der Waals surface area contributed by atoms with Crippen LogP contribution >= 0.6 is 0 Å². The quantitative estimate of drug-likeness (QED) is 0.745. The van der Waals surface area contributed by atoms with Gasteiger partial charge in [-0.15, -0.1) is 0 Å². The Kier molecular flexibility index (Phi) is 6.19. The Morgan fingerprint density at radius 1 is 1.30 bits per heavy atom. The normalized spacial score (nSPS) is 16.6. The monoisotopic (exact) mass is 372 g/mol. The predicted molar refractivity (Wildman–Crippen MR) is 104 cm³/mol. The van der Waals surface area contributed by atoms with Crippen molar-refractivity contribution in [3.8, 4) is 5.75 Å². The zero-order chi connectivity index (χ0) is 19.4. The average Bonchev–Trinajstić information content (AvgIpc) is 3.25. The highest BCUT2D eigenvalue weighted by Gasteiger charge is 2.23. The molecular formula is C21H28N2O4. The van der Waals surface area contributed by atoms with Gasteiger partial charge in [-0.25, -0.2) is 4.79 Å². The minimum absolute atomic E-state index is 0.237. The van der Waals surface area contributed by atoms with Crippen LogP contribution in [0.2, 0.25) is 0 Å². The van der Waals surface area contributed by atoms with E-state index in [1.54, 1.807) is 7.11 Å². The lowest BCUT2D eigenvalue weighted by molar-refractivity contribution is 0.0694. The lowest BCUT2D eigenvalue weighted by Crippen LogP contribution is -2.26. The number of methoxy groups -OCH3 is 1. The smallest absolute Gasteiger partial charge is 0.337 e. The molecule has 0 amide bonds. The fraction of sp³-hybridized carbons (Fsp3) is 0.476. The van der Waals surface area contributed by atoms with E-state index >= 15 is 0 Å². The van der Waals surface area contributed by atoms with Crippen LogP contribution < -0.4 is 10.1 Å². The van der Waals surface area contributed by atoms with Crippen LogP contribution in [-0.2, 0) is 17.8 Å². The minimum atomic E-state index is -0.877. The van der Waals surface area contributed by atoms with E-state index in [0.29, 0.717) is 18.7 Å². The number of nitrogens with one attached hydrogen (secondary N) is 1. The van der Waals surface area contributed by atoms with Gasteiger partial charge in [-0.05, 0) is 44.4 Å². The summed E-state index contributed by atoms with van der Waals surface area (Å²) in [5, 5.41) is 13.1. The van der Waals surface area contributed by atoms with E-state index < -0.39 is 5.97 Å². The molecule has 1 aromatic carbocycles. The van der Waals surface area contributed by atoms with Crippen LogP contribution in [0.3, 0.4) is 0 Å². The Morgan fingerprint density at radius 2 is 2.04 bits per heavy atom. The molecule has 27 heavy (non-hydrogen) atoms. The standard InChI is InChI=1S/C21H28N2O4/c1-14-19(12-22-11-18-5-4-10-27-18)20(21(24)25)15(2)23(14)13-16-6-8-17(26-3)9-7-16/h6-9,18,22H,4-5,10-13H2,1-3H3,(H,24,25). The van der Waals surface area contributed by atoms with E-state index in [2.05, 4.69) is 9.88 Å². The number of ether oxygens (including phenoxy) is 2. The first-order chi connectivity index (χ1) is 13.0. The molecule has 1 aromatic heterocycles. The maximum absolute atomic E-state index is 11.9. The van der Waals surface area contributed by atoms with Gasteiger partial charge in [0, 0.05) is 43.2 Å². The van der Waals surface area contributed by atoms with Crippen LogP contribution in [0.15, 0.2) is 24.3 Å². The molecule has 6 heteroatoms. The summed E-state index contributed by atoms with van der Waals surface area (Å²) in [7, 11) is 1.64. The van der Waals surface area contributed by atoms with Crippen LogP contribution in [0.25, 0.3) is 0 Å². The molecule has 6 nitrogen and oxygen atoms in total. The molecule has 0 spiro atoms. The summed E-state index contributed by atoms with van der Waals surface area (Å²) >= 11 is 0. The number of carboxylic acid groups (broad SMARTS) is 1. The Morgan fingerprint density at radius 3 is 2.63 bits per heavy atom. The molecule has 3 rings (SSSR count). The number of aromatic nitrogens is 1. The van der Waals surface area contributed by atoms with Crippen molar-refractivity contribution in [3.63, 3.8) is 0 Å². The zero-order valence-electron chi connectivity index (χ0n) is 16.2. The predicted octanol–water partition coefficient (Wildman–Crippen LogP) is 3.13. The Bertz CT molecular complexity index is 790. The fourth-order valence-corrected chi connectivity index (χ4v) is 3.76. The third-order valence-corrected chi connectivity index (χ3v) is 5.32. The summed E-state index contributed by atoms with van der Waals surface area (Å²) in [6, 6.07) is 7.86. The van der Waals surface area contributed by atoms with Gasteiger partial charge in [-0.2, -0.15) is 0 Å². The highest BCUT2D eigenvalue weighted by atomic mass is 16.5. The van der Waals surface area contributed by atoms with E-state index in [0.717, 1.165) is 54.3 Å². The first kappa shape index (κ1) is 19.5. The minimum Gasteiger partial charge on any atom is -0.497 e. The topological polar surface area (TPSA) is 72.7 Å². The number of aromatic carboxylic acids is 1. The van der Waals surface area contributed by atoms with Crippen LogP contribution in [0.5, 0.6) is 5.75 Å². The van der Waals surface area contributed by atoms with Gasteiger partial charge in [0.1, 0.15) is 5.75 Å². The van der Waals surface area contributed by atoms with Crippen molar-refractivity contribution < 1.29 is 19.4 Å². The Balaban J connectivity index is 1.79. The SMILES string of the molecule is COc1ccc(Cn2c(C)c(CNCC3CCCO3)c(C(=O)O)c2C)cc1. The molecule has 0 saturated carbocycles. The molecular weight excluding hydrogens is 344 g/mol. The van der Waals surface area contributed by atoms with Crippen LogP contribution in [0, 0.1) is 13.8 Å². The van der Waals surface area contributed by atoms with E-state index in [1.165, 1.54) is 0 Å². The van der Waals surface area contributed by atoms with Crippen molar-refractivity contribution in [2.45, 2.75) is 45.9 Å². The summed E-state index contributed by atoms with van der Waals surface area (Å²) in [6.45, 7) is 6.61. The Hall–Kier alpha value is -2.31. The second kappa shape index (κ2) is 8.59. The molecule has 1 unspecified atom stereocenters. The first-order valence-electron chi connectivity index (χ1n) is 9.38. The van der Waals surface area contributed by atoms with Gasteiger partial charge < -0.3 is 24.5 Å². The van der Waals surface area contributed by atoms with Crippen molar-refractivity contribution in [2.24, 2.45) is 0 Å². The highest BCUT2D eigenvalue weighted by molar-refractivity contribution is 5.91. The third-order valence-electron chi connectivity index (χ3n) is 5.32. The molecule has 2 aromatic rings. The number of hydrogen-bond donors (Lipinski definition) is 2. The van der Waals surface area contributed by atoms with Gasteiger partial charge >= 0.3 is 5.97 Å². The van der Waals surface area contributed by atoms with Gasteiger partial charge in [0.25, 0.3) is 0 Å². The van der Waals surface area contributed by atoms with Crippen LogP contribution in [0.1, 0.15) is 45.7 Å². The summed E-state index contributed by atoms with van der Waals surface area (Å²) < 4.78 is 12.9. The first-order valence-corrected chi connectivity index (χ1v) is 9.38. The lowest BCUT2D eigenvalue weighted by Gasteiger charge is -2.12. The van der Waals surface area contributed by atoms with E-state index in [9.17, 15) is 9.90 Å². The second-order valence-corrected chi connectivity index (χ2v) is 7.03. The molecule has 1 saturated heterocycles. The third kappa shape index (κ3) is 4.34. The van der Waals surface area contributed by atoms with Crippen molar-refractivity contribution in [3.05, 3.63) is 52.3 Å². The molecule has 0 radical (unpaired) electrons. The Labute approximate surface area is 160 Å². The molecule has 2 heterocycles. The number of rotatable bonds is 8. The molecule has 0 aliphatic carbocycles. The number of carbonyl (C=O) groups is 1. The molecule has 1 fully saturated rings. The maximum atomic E-state index is 11.9. The zero-order valence-corrected chi connectivity index (χ0v) is 16.2. The number of carboxylic acids is 1. The fourth-order valence-electron chi connectivity index (χ4n) is 3.76. The van der Waals surface area contributed by atoms with Crippen molar-refractivity contribution in [2.75, 3.05) is 20.3 Å². The molecule has 1 aliphatic heterocycles. The summed E-state index contributed by atoms with van der Waals surface area (Å²) in [4.78, 5) is 11.9.